The zero-order chi connectivity index (χ0) is 16.6. The predicted octanol–water partition coefficient (Wildman–Crippen LogP) is 4.35. The van der Waals surface area contributed by atoms with Crippen LogP contribution in [0, 0.1) is 0 Å². The zero-order valence-electron chi connectivity index (χ0n) is 14.4. The second-order valence-corrected chi connectivity index (χ2v) is 7.25. The summed E-state index contributed by atoms with van der Waals surface area (Å²) in [5.41, 5.74) is 7.23. The molecule has 0 radical (unpaired) electrons. The molecule has 25 heavy (non-hydrogen) atoms. The Bertz CT molecular complexity index is 933. The van der Waals surface area contributed by atoms with Gasteiger partial charge in [-0.25, -0.2) is 4.98 Å². The van der Waals surface area contributed by atoms with Crippen LogP contribution in [0.2, 0.25) is 0 Å². The molecule has 3 heterocycles. The van der Waals surface area contributed by atoms with Crippen molar-refractivity contribution >= 4 is 11.2 Å². The molecule has 1 saturated carbocycles. The van der Waals surface area contributed by atoms with E-state index >= 15 is 0 Å². The molecule has 4 nitrogen and oxygen atoms in total. The second kappa shape index (κ2) is 6.10. The quantitative estimate of drug-likeness (QED) is 0.717. The van der Waals surface area contributed by atoms with Gasteiger partial charge in [-0.05, 0) is 30.0 Å². The van der Waals surface area contributed by atoms with Gasteiger partial charge in [-0.3, -0.25) is 14.4 Å². The van der Waals surface area contributed by atoms with Gasteiger partial charge in [0, 0.05) is 37.4 Å². The highest BCUT2D eigenvalue weighted by atomic mass is 15.0. The van der Waals surface area contributed by atoms with Crippen LogP contribution in [-0.2, 0) is 12.8 Å². The van der Waals surface area contributed by atoms with Gasteiger partial charge >= 0.3 is 0 Å². The minimum Gasteiger partial charge on any atom is -0.297 e. The number of rotatable bonds is 3. The third-order valence-electron chi connectivity index (χ3n) is 5.59. The Hall–Kier alpha value is -2.49. The van der Waals surface area contributed by atoms with Crippen molar-refractivity contribution in [3.8, 4) is 0 Å². The molecule has 0 atom stereocenters. The highest BCUT2D eigenvalue weighted by molar-refractivity contribution is 5.73. The van der Waals surface area contributed by atoms with Crippen LogP contribution in [-0.4, -0.2) is 19.4 Å². The number of hydrogen-bond acceptors (Lipinski definition) is 3. The van der Waals surface area contributed by atoms with E-state index in [1.54, 1.807) is 0 Å². The highest BCUT2D eigenvalue weighted by Crippen LogP contribution is 2.34. The first-order valence-electron chi connectivity index (χ1n) is 9.33. The lowest BCUT2D eigenvalue weighted by atomic mass is 9.87. The second-order valence-electron chi connectivity index (χ2n) is 7.25. The first-order chi connectivity index (χ1) is 12.4. The molecule has 0 bridgehead atoms. The van der Waals surface area contributed by atoms with Crippen molar-refractivity contribution in [3.05, 3.63) is 65.6 Å². The van der Waals surface area contributed by atoms with E-state index in [2.05, 4.69) is 32.7 Å². The molecule has 3 aromatic heterocycles. The minimum absolute atomic E-state index is 0.622. The fraction of sp³-hybridized carbons (Fsp3) is 0.381. The lowest BCUT2D eigenvalue weighted by Gasteiger charge is -2.19. The fourth-order valence-electron chi connectivity index (χ4n) is 4.30. The van der Waals surface area contributed by atoms with Crippen LogP contribution < -0.4 is 0 Å². The van der Waals surface area contributed by atoms with Gasteiger partial charge < -0.3 is 0 Å². The van der Waals surface area contributed by atoms with Crippen LogP contribution in [0.1, 0.15) is 60.7 Å². The van der Waals surface area contributed by atoms with Gasteiger partial charge in [0.25, 0.3) is 0 Å². The van der Waals surface area contributed by atoms with E-state index in [9.17, 15) is 0 Å². The molecular weight excluding hydrogens is 308 g/mol. The van der Waals surface area contributed by atoms with E-state index < -0.39 is 0 Å². The summed E-state index contributed by atoms with van der Waals surface area (Å²) in [6, 6.07) is 4.14. The largest absolute Gasteiger partial charge is 0.297 e. The number of nitrogens with zero attached hydrogens (tertiary/aromatic N) is 4. The van der Waals surface area contributed by atoms with E-state index in [-0.39, 0.29) is 0 Å². The van der Waals surface area contributed by atoms with E-state index in [0.29, 0.717) is 5.92 Å². The number of imidazole rings is 1. The summed E-state index contributed by atoms with van der Waals surface area (Å²) < 4.78 is 2.28. The van der Waals surface area contributed by atoms with Crippen molar-refractivity contribution in [2.75, 3.05) is 0 Å². The van der Waals surface area contributed by atoms with Crippen LogP contribution in [0.4, 0.5) is 0 Å². The molecule has 5 rings (SSSR count). The summed E-state index contributed by atoms with van der Waals surface area (Å²) in [6.07, 6.45) is 18.7. The van der Waals surface area contributed by atoms with Gasteiger partial charge in [0.2, 0.25) is 0 Å². The van der Waals surface area contributed by atoms with Gasteiger partial charge in [-0.1, -0.05) is 31.4 Å². The summed E-state index contributed by atoms with van der Waals surface area (Å²) >= 11 is 0. The maximum absolute atomic E-state index is 4.92. The predicted molar refractivity (Wildman–Crippen MR) is 98.4 cm³/mol. The molecule has 2 aliphatic rings. The number of pyridine rings is 1. The fourth-order valence-corrected chi connectivity index (χ4v) is 4.30. The average molecular weight is 330 g/mol. The van der Waals surface area contributed by atoms with Crippen molar-refractivity contribution in [2.24, 2.45) is 0 Å². The van der Waals surface area contributed by atoms with E-state index in [0.717, 1.165) is 18.5 Å². The van der Waals surface area contributed by atoms with E-state index in [4.69, 9.17) is 4.98 Å². The molecule has 0 unspecified atom stereocenters. The minimum atomic E-state index is 0.622. The van der Waals surface area contributed by atoms with Crippen LogP contribution >= 0.6 is 0 Å². The molecule has 1 fully saturated rings. The molecule has 0 aromatic carbocycles. The number of hydrogen-bond donors (Lipinski definition) is 0. The molecule has 0 aliphatic heterocycles. The Morgan fingerprint density at radius 2 is 2.04 bits per heavy atom. The number of aromatic nitrogens is 4. The first kappa shape index (κ1) is 14.8. The topological polar surface area (TPSA) is 43.1 Å². The summed E-state index contributed by atoms with van der Waals surface area (Å²) in [4.78, 5) is 13.9. The molecule has 4 heteroatoms. The molecule has 3 aromatic rings. The molecule has 2 aliphatic carbocycles. The number of allylic oxidation sites excluding steroid dienone is 2. The smallest absolute Gasteiger partial charge is 0.156 e. The summed E-state index contributed by atoms with van der Waals surface area (Å²) in [5.74, 6) is 0.622. The van der Waals surface area contributed by atoms with Gasteiger partial charge in [0.15, 0.2) is 5.65 Å². The SMILES string of the molecule is C1=C(Cc2cccnc2)c2c(ncc3nc(C4CCCCC4)cn23)C1. The molecule has 0 saturated heterocycles. The lowest BCUT2D eigenvalue weighted by molar-refractivity contribution is 0.438. The highest BCUT2D eigenvalue weighted by Gasteiger charge is 2.23. The van der Waals surface area contributed by atoms with Crippen molar-refractivity contribution in [1.82, 2.24) is 19.4 Å². The molecular formula is C21H22N4. The van der Waals surface area contributed by atoms with Gasteiger partial charge in [0.1, 0.15) is 0 Å². The van der Waals surface area contributed by atoms with Crippen LogP contribution in [0.3, 0.4) is 0 Å². The standard InChI is InChI=1S/C21H22N4/c1-2-6-16(7-3-1)19-14-25-20(24-19)13-23-18-9-8-17(21(18)25)11-15-5-4-10-22-12-15/h4-5,8,10,12-14,16H,1-3,6-7,9,11H2. The summed E-state index contributed by atoms with van der Waals surface area (Å²) in [6.45, 7) is 0. The Labute approximate surface area is 147 Å². The van der Waals surface area contributed by atoms with E-state index in [1.807, 2.05) is 24.7 Å². The Morgan fingerprint density at radius 3 is 2.88 bits per heavy atom. The van der Waals surface area contributed by atoms with Crippen molar-refractivity contribution in [3.63, 3.8) is 0 Å². The maximum Gasteiger partial charge on any atom is 0.156 e. The normalized spacial score (nSPS) is 17.7. The summed E-state index contributed by atoms with van der Waals surface area (Å²) in [5, 5.41) is 0. The molecule has 0 amide bonds. The van der Waals surface area contributed by atoms with Gasteiger partial charge in [-0.2, -0.15) is 0 Å². The van der Waals surface area contributed by atoms with Crippen molar-refractivity contribution < 1.29 is 0 Å². The van der Waals surface area contributed by atoms with Crippen LogP contribution in [0.15, 0.2) is 43.0 Å². The van der Waals surface area contributed by atoms with E-state index in [1.165, 1.54) is 60.3 Å². The maximum atomic E-state index is 4.92. The Morgan fingerprint density at radius 1 is 1.12 bits per heavy atom. The Balaban J connectivity index is 1.54. The number of fused-ring (bicyclic) bond motifs is 3. The molecule has 126 valence electrons. The summed E-state index contributed by atoms with van der Waals surface area (Å²) in [7, 11) is 0. The van der Waals surface area contributed by atoms with Gasteiger partial charge in [0.05, 0.1) is 23.3 Å². The first-order valence-corrected chi connectivity index (χ1v) is 9.33. The Kier molecular flexibility index (Phi) is 3.62. The lowest BCUT2D eigenvalue weighted by Crippen LogP contribution is -2.04. The zero-order valence-corrected chi connectivity index (χ0v) is 14.4. The van der Waals surface area contributed by atoms with Crippen LogP contribution in [0.25, 0.3) is 11.2 Å². The van der Waals surface area contributed by atoms with Gasteiger partial charge in [-0.15, -0.1) is 0 Å². The third kappa shape index (κ3) is 2.66. The molecule has 0 spiro atoms. The monoisotopic (exact) mass is 330 g/mol. The van der Waals surface area contributed by atoms with Crippen molar-refractivity contribution in [2.45, 2.75) is 50.9 Å². The van der Waals surface area contributed by atoms with Crippen molar-refractivity contribution in [1.29, 1.82) is 0 Å². The third-order valence-corrected chi connectivity index (χ3v) is 5.59. The average Bonchev–Trinajstić information content (AvgIpc) is 3.27. The molecule has 0 N–H and O–H groups in total. The van der Waals surface area contributed by atoms with Crippen LogP contribution in [0.5, 0.6) is 0 Å².